The monoisotopic (exact) mass is 411 g/mol. The Morgan fingerprint density at radius 3 is 2.77 bits per heavy atom. The van der Waals surface area contributed by atoms with E-state index in [2.05, 4.69) is 80.9 Å². The van der Waals surface area contributed by atoms with Crippen molar-refractivity contribution < 1.29 is 0 Å². The van der Waals surface area contributed by atoms with E-state index in [-0.39, 0.29) is 0 Å². The van der Waals surface area contributed by atoms with Crippen LogP contribution in [0.3, 0.4) is 0 Å². The highest BCUT2D eigenvalue weighted by Gasteiger charge is 2.22. The van der Waals surface area contributed by atoms with E-state index in [1.807, 2.05) is 18.1 Å². The molecule has 30 heavy (non-hydrogen) atoms. The molecule has 2 aliphatic rings. The first-order valence-electron chi connectivity index (χ1n) is 10.8. The molecule has 0 unspecified atom stereocenters. The minimum absolute atomic E-state index is 1.06. The summed E-state index contributed by atoms with van der Waals surface area (Å²) in [6.07, 6.45) is 6.77. The lowest BCUT2D eigenvalue weighted by atomic mass is 9.98. The number of aromatic nitrogens is 1. The third kappa shape index (κ3) is 3.21. The van der Waals surface area contributed by atoms with E-state index in [0.717, 1.165) is 32.6 Å². The molecule has 6 rings (SSSR count). The van der Waals surface area contributed by atoms with Crippen LogP contribution in [0.2, 0.25) is 0 Å². The first-order chi connectivity index (χ1) is 14.8. The van der Waals surface area contributed by atoms with E-state index in [1.165, 1.54) is 49.8 Å². The van der Waals surface area contributed by atoms with Crippen LogP contribution in [0.15, 0.2) is 77.8 Å². The molecule has 3 aromatic carbocycles. The lowest BCUT2D eigenvalue weighted by molar-refractivity contribution is 0.300. The number of nitrogens with zero attached hydrogens (tertiary/aromatic N) is 2. The average molecular weight is 412 g/mol. The lowest BCUT2D eigenvalue weighted by Gasteiger charge is -2.27. The summed E-state index contributed by atoms with van der Waals surface area (Å²) in [6.45, 7) is 4.46. The third-order valence-corrected chi connectivity index (χ3v) is 7.51. The standard InChI is InChI=1S/C26H25N3S/c1-4-20-5-2-7-25-26(20)24(6-1)29(30-25)15-3-14-28-16-11-19(12-17-28)21-8-9-23-22(18-21)10-13-27-23/h1-2,4-11,13,18,27H,3,12,14-17H2. The van der Waals surface area contributed by atoms with Crippen molar-refractivity contribution in [3.63, 3.8) is 0 Å². The average Bonchev–Trinajstić information content (AvgIpc) is 3.40. The molecular weight excluding hydrogens is 386 g/mol. The zero-order chi connectivity index (χ0) is 19.9. The van der Waals surface area contributed by atoms with E-state index in [9.17, 15) is 0 Å². The van der Waals surface area contributed by atoms with Gasteiger partial charge in [0.05, 0.1) is 5.69 Å². The van der Waals surface area contributed by atoms with E-state index < -0.39 is 0 Å². The Balaban J connectivity index is 1.07. The Kier molecular flexibility index (Phi) is 4.55. The van der Waals surface area contributed by atoms with Gasteiger partial charge in [-0.3, -0.25) is 4.90 Å². The van der Waals surface area contributed by atoms with Crippen LogP contribution >= 0.6 is 11.9 Å². The fraction of sp³-hybridized carbons (Fsp3) is 0.231. The van der Waals surface area contributed by atoms with E-state index in [4.69, 9.17) is 0 Å². The third-order valence-electron chi connectivity index (χ3n) is 6.37. The number of benzene rings is 3. The van der Waals surface area contributed by atoms with Crippen LogP contribution in [0.25, 0.3) is 27.2 Å². The molecule has 0 radical (unpaired) electrons. The molecule has 0 atom stereocenters. The predicted molar refractivity (Wildman–Crippen MR) is 129 cm³/mol. The second-order valence-electron chi connectivity index (χ2n) is 8.24. The van der Waals surface area contributed by atoms with Crippen molar-refractivity contribution in [2.75, 3.05) is 30.5 Å². The van der Waals surface area contributed by atoms with Crippen molar-refractivity contribution in [3.8, 4) is 0 Å². The molecule has 0 aliphatic carbocycles. The van der Waals surface area contributed by atoms with Gasteiger partial charge in [-0.2, -0.15) is 0 Å². The minimum Gasteiger partial charge on any atom is -0.361 e. The SMILES string of the molecule is C1=C(c2ccc3[nH]ccc3c2)CCN(CCCN2Sc3cccc4cccc2c34)C1. The molecular formula is C26H25N3S. The summed E-state index contributed by atoms with van der Waals surface area (Å²) in [6, 6.07) is 22.2. The summed E-state index contributed by atoms with van der Waals surface area (Å²) in [5.41, 5.74) is 5.47. The minimum atomic E-state index is 1.06. The van der Waals surface area contributed by atoms with Gasteiger partial charge in [0.2, 0.25) is 0 Å². The smallest absolute Gasteiger partial charge is 0.0563 e. The van der Waals surface area contributed by atoms with Gasteiger partial charge in [0, 0.05) is 48.2 Å². The maximum atomic E-state index is 3.28. The molecule has 0 fully saturated rings. The first-order valence-corrected chi connectivity index (χ1v) is 11.6. The molecule has 0 saturated carbocycles. The van der Waals surface area contributed by atoms with Crippen LogP contribution < -0.4 is 4.31 Å². The van der Waals surface area contributed by atoms with Crippen molar-refractivity contribution in [3.05, 3.63) is 78.5 Å². The normalized spacial score (nSPS) is 16.5. The van der Waals surface area contributed by atoms with Crippen LogP contribution in [0.5, 0.6) is 0 Å². The lowest BCUT2D eigenvalue weighted by Crippen LogP contribution is -2.31. The van der Waals surface area contributed by atoms with Gasteiger partial charge in [-0.05, 0) is 77.0 Å². The maximum Gasteiger partial charge on any atom is 0.0563 e. The molecule has 3 heterocycles. The molecule has 0 bridgehead atoms. The summed E-state index contributed by atoms with van der Waals surface area (Å²) in [7, 11) is 0. The van der Waals surface area contributed by atoms with Gasteiger partial charge >= 0.3 is 0 Å². The van der Waals surface area contributed by atoms with Crippen LogP contribution in [0, 0.1) is 0 Å². The highest BCUT2D eigenvalue weighted by atomic mass is 32.2. The molecule has 4 heteroatoms. The van der Waals surface area contributed by atoms with Crippen LogP contribution in [-0.2, 0) is 0 Å². The number of H-pyrrole nitrogens is 1. The Hall–Kier alpha value is -2.69. The first kappa shape index (κ1) is 18.1. The summed E-state index contributed by atoms with van der Waals surface area (Å²) in [5, 5.41) is 4.08. The zero-order valence-corrected chi connectivity index (χ0v) is 17.8. The highest BCUT2D eigenvalue weighted by Crippen LogP contribution is 2.45. The second kappa shape index (κ2) is 7.53. The summed E-state index contributed by atoms with van der Waals surface area (Å²) in [5.74, 6) is 0. The van der Waals surface area contributed by atoms with Gasteiger partial charge in [-0.25, -0.2) is 0 Å². The number of hydrogen-bond acceptors (Lipinski definition) is 3. The fourth-order valence-corrected chi connectivity index (χ4v) is 5.93. The van der Waals surface area contributed by atoms with Crippen molar-refractivity contribution in [1.29, 1.82) is 0 Å². The van der Waals surface area contributed by atoms with Crippen LogP contribution in [-0.4, -0.2) is 36.1 Å². The Bertz CT molecular complexity index is 1250. The van der Waals surface area contributed by atoms with E-state index >= 15 is 0 Å². The summed E-state index contributed by atoms with van der Waals surface area (Å²) < 4.78 is 2.48. The van der Waals surface area contributed by atoms with Crippen LogP contribution in [0.1, 0.15) is 18.4 Å². The van der Waals surface area contributed by atoms with Crippen molar-refractivity contribution in [2.45, 2.75) is 17.7 Å². The quantitative estimate of drug-likeness (QED) is 0.388. The van der Waals surface area contributed by atoms with Crippen LogP contribution in [0.4, 0.5) is 5.69 Å². The molecule has 1 N–H and O–H groups in total. The number of fused-ring (bicyclic) bond motifs is 1. The van der Waals surface area contributed by atoms with Gasteiger partial charge in [0.1, 0.15) is 0 Å². The molecule has 0 spiro atoms. The number of rotatable bonds is 5. The van der Waals surface area contributed by atoms with Crippen molar-refractivity contribution >= 4 is 44.9 Å². The molecule has 150 valence electrons. The largest absolute Gasteiger partial charge is 0.361 e. The Morgan fingerprint density at radius 1 is 0.933 bits per heavy atom. The number of hydrogen-bond donors (Lipinski definition) is 1. The maximum absolute atomic E-state index is 3.28. The van der Waals surface area contributed by atoms with Gasteiger partial charge in [0.25, 0.3) is 0 Å². The van der Waals surface area contributed by atoms with Gasteiger partial charge in [-0.1, -0.05) is 36.4 Å². The molecule has 3 nitrogen and oxygen atoms in total. The highest BCUT2D eigenvalue weighted by molar-refractivity contribution is 8.01. The van der Waals surface area contributed by atoms with Crippen molar-refractivity contribution in [1.82, 2.24) is 9.88 Å². The molecule has 0 saturated heterocycles. The summed E-state index contributed by atoms with van der Waals surface area (Å²) in [4.78, 5) is 7.27. The molecule has 1 aromatic heterocycles. The number of nitrogens with one attached hydrogen (secondary N) is 1. The zero-order valence-electron chi connectivity index (χ0n) is 17.0. The second-order valence-corrected chi connectivity index (χ2v) is 9.30. The predicted octanol–water partition coefficient (Wildman–Crippen LogP) is 6.33. The fourth-order valence-electron chi connectivity index (χ4n) is 4.77. The number of anilines is 1. The van der Waals surface area contributed by atoms with E-state index in [1.54, 1.807) is 0 Å². The van der Waals surface area contributed by atoms with Gasteiger partial charge in [-0.15, -0.1) is 0 Å². The molecule has 0 amide bonds. The van der Waals surface area contributed by atoms with Gasteiger partial charge in [0.15, 0.2) is 0 Å². The Morgan fingerprint density at radius 2 is 1.87 bits per heavy atom. The van der Waals surface area contributed by atoms with E-state index in [0.29, 0.717) is 0 Å². The van der Waals surface area contributed by atoms with Gasteiger partial charge < -0.3 is 9.29 Å². The number of aromatic amines is 1. The molecule has 2 aliphatic heterocycles. The topological polar surface area (TPSA) is 22.3 Å². The Labute approximate surface area is 181 Å². The van der Waals surface area contributed by atoms with Crippen molar-refractivity contribution in [2.24, 2.45) is 0 Å². The summed E-state index contributed by atoms with van der Waals surface area (Å²) >= 11 is 1.90. The molecule has 4 aromatic rings.